The minimum Gasteiger partial charge on any atom is -0.496 e. The first-order chi connectivity index (χ1) is 11.6. The molecule has 124 valence electrons. The average Bonchev–Trinajstić information content (AvgIpc) is 2.99. The number of benzene rings is 2. The zero-order valence-electron chi connectivity index (χ0n) is 12.8. The zero-order chi connectivity index (χ0) is 17.1. The number of carbonyl (C=O) groups is 1. The number of hydrogen-bond donors (Lipinski definition) is 1. The number of carbonyl (C=O) groups excluding carboxylic acids is 1. The Labute approximate surface area is 153 Å². The molecule has 1 N–H and O–H groups in total. The molecule has 0 unspecified atom stereocenters. The molecule has 0 spiro atoms. The number of aromatic nitrogens is 1. The van der Waals surface area contributed by atoms with E-state index in [-0.39, 0.29) is 5.91 Å². The van der Waals surface area contributed by atoms with Crippen LogP contribution in [0.15, 0.2) is 36.4 Å². The molecule has 24 heavy (non-hydrogen) atoms. The first-order valence-corrected chi connectivity index (χ1v) is 8.81. The summed E-state index contributed by atoms with van der Waals surface area (Å²) in [6.45, 7) is 0.474. The van der Waals surface area contributed by atoms with Crippen LogP contribution in [0.1, 0.15) is 15.4 Å². The summed E-state index contributed by atoms with van der Waals surface area (Å²) in [4.78, 5) is 16.9. The lowest BCUT2D eigenvalue weighted by molar-refractivity contribution is 0.0951. The van der Waals surface area contributed by atoms with Gasteiger partial charge in [0.05, 0.1) is 37.9 Å². The molecule has 0 aliphatic carbocycles. The third-order valence-corrected chi connectivity index (χ3v) is 5.27. The maximum atomic E-state index is 12.3. The topological polar surface area (TPSA) is 51.2 Å². The van der Waals surface area contributed by atoms with E-state index in [1.165, 1.54) is 19.2 Å². The van der Waals surface area contributed by atoms with Gasteiger partial charge in [-0.1, -0.05) is 35.3 Å². The molecule has 3 rings (SSSR count). The Morgan fingerprint density at radius 3 is 2.75 bits per heavy atom. The Morgan fingerprint density at radius 2 is 2.00 bits per heavy atom. The summed E-state index contributed by atoms with van der Waals surface area (Å²) >= 11 is 13.6. The second-order valence-corrected chi connectivity index (χ2v) is 6.98. The molecule has 0 radical (unpaired) electrons. The highest BCUT2D eigenvalue weighted by Gasteiger charge is 2.15. The van der Waals surface area contributed by atoms with Crippen molar-refractivity contribution in [2.75, 3.05) is 13.7 Å². The molecule has 3 aromatic rings. The van der Waals surface area contributed by atoms with Gasteiger partial charge in [-0.15, -0.1) is 11.3 Å². The quantitative estimate of drug-likeness (QED) is 0.704. The summed E-state index contributed by atoms with van der Waals surface area (Å²) in [6.07, 6.45) is 0.661. The lowest BCUT2D eigenvalue weighted by Gasteiger charge is -2.10. The largest absolute Gasteiger partial charge is 0.496 e. The first kappa shape index (κ1) is 17.0. The number of rotatable bonds is 5. The Bertz CT molecular complexity index is 862. The van der Waals surface area contributed by atoms with Crippen molar-refractivity contribution in [3.8, 4) is 5.75 Å². The van der Waals surface area contributed by atoms with Crippen LogP contribution in [0.4, 0.5) is 0 Å². The minimum atomic E-state index is -0.258. The van der Waals surface area contributed by atoms with Gasteiger partial charge in [0.25, 0.3) is 5.91 Å². The van der Waals surface area contributed by atoms with Crippen molar-refractivity contribution < 1.29 is 9.53 Å². The highest BCUT2D eigenvalue weighted by molar-refractivity contribution is 7.18. The van der Waals surface area contributed by atoms with E-state index in [4.69, 9.17) is 27.9 Å². The van der Waals surface area contributed by atoms with E-state index in [1.54, 1.807) is 11.3 Å². The highest BCUT2D eigenvalue weighted by Crippen LogP contribution is 2.30. The van der Waals surface area contributed by atoms with Crippen molar-refractivity contribution in [1.82, 2.24) is 10.3 Å². The predicted molar refractivity (Wildman–Crippen MR) is 98.7 cm³/mol. The fourth-order valence-electron chi connectivity index (χ4n) is 2.28. The molecule has 4 nitrogen and oxygen atoms in total. The molecule has 1 heterocycles. The number of hydrogen-bond acceptors (Lipinski definition) is 4. The number of nitrogens with zero attached hydrogens (tertiary/aromatic N) is 1. The summed E-state index contributed by atoms with van der Waals surface area (Å²) in [5.74, 6) is 0.133. The monoisotopic (exact) mass is 380 g/mol. The second kappa shape index (κ2) is 7.38. The molecule has 0 atom stereocenters. The fourth-order valence-corrected chi connectivity index (χ4v) is 3.56. The van der Waals surface area contributed by atoms with Crippen molar-refractivity contribution in [3.05, 3.63) is 57.0 Å². The van der Waals surface area contributed by atoms with E-state index in [1.807, 2.05) is 24.3 Å². The van der Waals surface area contributed by atoms with Crippen LogP contribution >= 0.6 is 34.5 Å². The molecule has 0 aliphatic heterocycles. The summed E-state index contributed by atoms with van der Waals surface area (Å²) in [6, 6.07) is 11.0. The third kappa shape index (κ3) is 3.64. The van der Waals surface area contributed by atoms with Gasteiger partial charge in [0.2, 0.25) is 0 Å². The van der Waals surface area contributed by atoms with E-state index < -0.39 is 0 Å². The maximum Gasteiger partial charge on any atom is 0.255 e. The number of ether oxygens (including phenoxy) is 1. The van der Waals surface area contributed by atoms with Crippen LogP contribution in [0.5, 0.6) is 5.75 Å². The Balaban J connectivity index is 1.66. The van der Waals surface area contributed by atoms with Gasteiger partial charge in [0.15, 0.2) is 0 Å². The van der Waals surface area contributed by atoms with E-state index in [0.717, 1.165) is 15.2 Å². The summed E-state index contributed by atoms with van der Waals surface area (Å²) < 4.78 is 6.34. The number of nitrogens with one attached hydrogen (secondary N) is 1. The molecule has 1 aromatic heterocycles. The molecule has 0 bridgehead atoms. The number of fused-ring (bicyclic) bond motifs is 1. The van der Waals surface area contributed by atoms with Gasteiger partial charge in [-0.25, -0.2) is 4.98 Å². The summed E-state index contributed by atoms with van der Waals surface area (Å²) in [7, 11) is 1.48. The molecule has 0 fully saturated rings. The van der Waals surface area contributed by atoms with Gasteiger partial charge in [-0.2, -0.15) is 0 Å². The molecule has 7 heteroatoms. The normalized spacial score (nSPS) is 10.8. The van der Waals surface area contributed by atoms with Gasteiger partial charge in [0.1, 0.15) is 5.75 Å². The number of amides is 1. The fraction of sp³-hybridized carbons (Fsp3) is 0.176. The molecule has 0 aliphatic rings. The van der Waals surface area contributed by atoms with Crippen LogP contribution in [0.25, 0.3) is 10.2 Å². The summed E-state index contributed by atoms with van der Waals surface area (Å²) in [5, 5.41) is 4.50. The molecular formula is C17H14Cl2N2O2S. The second-order valence-electron chi connectivity index (χ2n) is 5.05. The van der Waals surface area contributed by atoms with Crippen molar-refractivity contribution in [2.24, 2.45) is 0 Å². The van der Waals surface area contributed by atoms with E-state index in [9.17, 15) is 4.79 Å². The number of halogens is 2. The Hall–Kier alpha value is -1.82. The Morgan fingerprint density at radius 1 is 1.25 bits per heavy atom. The van der Waals surface area contributed by atoms with Gasteiger partial charge in [-0.3, -0.25) is 4.79 Å². The van der Waals surface area contributed by atoms with Crippen molar-refractivity contribution >= 4 is 50.7 Å². The van der Waals surface area contributed by atoms with Gasteiger partial charge in [0, 0.05) is 19.0 Å². The van der Waals surface area contributed by atoms with E-state index >= 15 is 0 Å². The molecular weight excluding hydrogens is 367 g/mol. The van der Waals surface area contributed by atoms with Crippen molar-refractivity contribution in [2.45, 2.75) is 6.42 Å². The number of thiazole rings is 1. The average molecular weight is 381 g/mol. The molecule has 1 amide bonds. The zero-order valence-corrected chi connectivity index (χ0v) is 15.1. The van der Waals surface area contributed by atoms with Crippen LogP contribution < -0.4 is 10.1 Å². The maximum absolute atomic E-state index is 12.3. The highest BCUT2D eigenvalue weighted by atomic mass is 35.5. The van der Waals surface area contributed by atoms with Crippen LogP contribution in [0.2, 0.25) is 10.0 Å². The summed E-state index contributed by atoms with van der Waals surface area (Å²) in [5.41, 5.74) is 1.34. The van der Waals surface area contributed by atoms with Crippen LogP contribution in [0.3, 0.4) is 0 Å². The Kier molecular flexibility index (Phi) is 5.23. The number of methoxy groups -OCH3 is 1. The van der Waals surface area contributed by atoms with Crippen molar-refractivity contribution in [3.63, 3.8) is 0 Å². The van der Waals surface area contributed by atoms with Gasteiger partial charge >= 0.3 is 0 Å². The standard InChI is InChI=1S/C17H14Cl2N2O2S/c1-23-14-9-12(19)11(18)8-10(14)17(22)20-7-6-16-21-13-4-2-3-5-15(13)24-16/h2-5,8-9H,6-7H2,1H3,(H,20,22). The first-order valence-electron chi connectivity index (χ1n) is 7.24. The van der Waals surface area contributed by atoms with E-state index in [2.05, 4.69) is 10.3 Å². The van der Waals surface area contributed by atoms with E-state index in [0.29, 0.717) is 34.3 Å². The molecule has 2 aromatic carbocycles. The predicted octanol–water partition coefficient (Wildman–Crippen LogP) is 4.58. The van der Waals surface area contributed by atoms with Crippen LogP contribution in [-0.4, -0.2) is 24.5 Å². The van der Waals surface area contributed by atoms with Crippen LogP contribution in [0, 0.1) is 0 Å². The lowest BCUT2D eigenvalue weighted by Crippen LogP contribution is -2.26. The third-order valence-electron chi connectivity index (χ3n) is 3.45. The minimum absolute atomic E-state index is 0.258. The lowest BCUT2D eigenvalue weighted by atomic mass is 10.2. The molecule has 0 saturated carbocycles. The molecule has 0 saturated heterocycles. The number of para-hydroxylation sites is 1. The van der Waals surface area contributed by atoms with Gasteiger partial charge < -0.3 is 10.1 Å². The van der Waals surface area contributed by atoms with Crippen molar-refractivity contribution in [1.29, 1.82) is 0 Å². The SMILES string of the molecule is COc1cc(Cl)c(Cl)cc1C(=O)NCCc1nc2ccccc2s1. The van der Waals surface area contributed by atoms with Gasteiger partial charge in [-0.05, 0) is 18.2 Å². The smallest absolute Gasteiger partial charge is 0.255 e. The van der Waals surface area contributed by atoms with Crippen LogP contribution in [-0.2, 0) is 6.42 Å².